The van der Waals surface area contributed by atoms with Crippen molar-refractivity contribution in [2.45, 2.75) is 25.7 Å². The number of sulfonamides is 1. The van der Waals surface area contributed by atoms with Gasteiger partial charge in [-0.1, -0.05) is 24.3 Å². The van der Waals surface area contributed by atoms with Gasteiger partial charge in [-0.3, -0.25) is 4.79 Å². The molecule has 1 amide bonds. The summed E-state index contributed by atoms with van der Waals surface area (Å²) in [5.74, 6) is 0.489. The second-order valence-corrected chi connectivity index (χ2v) is 8.23. The summed E-state index contributed by atoms with van der Waals surface area (Å²) < 4.78 is 22.3. The molecule has 1 fully saturated rings. The highest BCUT2D eigenvalue weighted by Crippen LogP contribution is 2.29. The second-order valence-electron chi connectivity index (χ2n) is 6.57. The van der Waals surface area contributed by atoms with Crippen LogP contribution in [0.5, 0.6) is 0 Å². The van der Waals surface area contributed by atoms with Gasteiger partial charge < -0.3 is 4.90 Å². The number of hydrogen-bond acceptors (Lipinski definition) is 3. The van der Waals surface area contributed by atoms with Crippen molar-refractivity contribution in [1.29, 1.82) is 0 Å². The number of carbonyl (C=O) groups excluding carboxylic acids is 1. The Labute approximate surface area is 131 Å². The monoisotopic (exact) mass is 322 g/mol. The maximum absolute atomic E-state index is 12.4. The highest BCUT2D eigenvalue weighted by Gasteiger charge is 2.31. The molecule has 1 atom stereocenters. The SMILES string of the molecule is NS(=O)(=O)C[C@H]1CCN(C(=O)CC2Cc3ccccc3C2)C1. The lowest BCUT2D eigenvalue weighted by atomic mass is 10.0. The van der Waals surface area contributed by atoms with Crippen LogP contribution in [-0.4, -0.2) is 38.1 Å². The van der Waals surface area contributed by atoms with Gasteiger partial charge in [0.05, 0.1) is 5.75 Å². The maximum atomic E-state index is 12.4. The van der Waals surface area contributed by atoms with Crippen molar-refractivity contribution in [3.63, 3.8) is 0 Å². The van der Waals surface area contributed by atoms with Gasteiger partial charge in [-0.15, -0.1) is 0 Å². The quantitative estimate of drug-likeness (QED) is 0.895. The molecule has 6 heteroatoms. The van der Waals surface area contributed by atoms with Gasteiger partial charge in [0, 0.05) is 19.5 Å². The van der Waals surface area contributed by atoms with Crippen molar-refractivity contribution < 1.29 is 13.2 Å². The van der Waals surface area contributed by atoms with Crippen molar-refractivity contribution >= 4 is 15.9 Å². The predicted octanol–water partition coefficient (Wildman–Crippen LogP) is 0.929. The van der Waals surface area contributed by atoms with Crippen LogP contribution in [0.2, 0.25) is 0 Å². The normalized spacial score (nSPS) is 22.0. The predicted molar refractivity (Wildman–Crippen MR) is 84.6 cm³/mol. The van der Waals surface area contributed by atoms with Crippen LogP contribution in [0, 0.1) is 11.8 Å². The topological polar surface area (TPSA) is 80.5 Å². The number of likely N-dealkylation sites (tertiary alicyclic amines) is 1. The molecule has 0 bridgehead atoms. The van der Waals surface area contributed by atoms with Gasteiger partial charge in [0.2, 0.25) is 15.9 Å². The molecule has 5 nitrogen and oxygen atoms in total. The second kappa shape index (κ2) is 6.01. The Bertz CT molecular complexity index is 647. The van der Waals surface area contributed by atoms with E-state index in [0.717, 1.165) is 19.3 Å². The van der Waals surface area contributed by atoms with Gasteiger partial charge in [0.1, 0.15) is 0 Å². The standard InChI is InChI=1S/C16H22N2O3S/c17-22(20,21)11-12-5-6-18(10-12)16(19)9-13-7-14-3-1-2-4-15(14)8-13/h1-4,12-13H,5-11H2,(H2,17,20,21)/t12-/m0/s1. The van der Waals surface area contributed by atoms with E-state index in [1.165, 1.54) is 11.1 Å². The van der Waals surface area contributed by atoms with Crippen LogP contribution in [0.15, 0.2) is 24.3 Å². The molecule has 2 aliphatic rings. The number of hydrogen-bond donors (Lipinski definition) is 1. The van der Waals surface area contributed by atoms with E-state index < -0.39 is 10.0 Å². The third-order valence-corrected chi connectivity index (χ3v) is 5.64. The molecule has 120 valence electrons. The first-order chi connectivity index (χ1) is 10.4. The summed E-state index contributed by atoms with van der Waals surface area (Å²) >= 11 is 0. The minimum Gasteiger partial charge on any atom is -0.342 e. The fourth-order valence-corrected chi connectivity index (χ4v) is 4.62. The zero-order valence-corrected chi connectivity index (χ0v) is 13.4. The average molecular weight is 322 g/mol. The lowest BCUT2D eigenvalue weighted by molar-refractivity contribution is -0.131. The first-order valence-corrected chi connectivity index (χ1v) is 9.47. The molecule has 1 aliphatic heterocycles. The van der Waals surface area contributed by atoms with Gasteiger partial charge >= 0.3 is 0 Å². The molecule has 3 rings (SSSR count). The van der Waals surface area contributed by atoms with Crippen molar-refractivity contribution in [3.8, 4) is 0 Å². The highest BCUT2D eigenvalue weighted by atomic mass is 32.2. The summed E-state index contributed by atoms with van der Waals surface area (Å²) in [5.41, 5.74) is 2.71. The number of primary sulfonamides is 1. The van der Waals surface area contributed by atoms with E-state index in [2.05, 4.69) is 12.1 Å². The molecule has 1 aromatic rings. The summed E-state index contributed by atoms with van der Waals surface area (Å²) in [6, 6.07) is 8.36. The number of rotatable bonds is 4. The van der Waals surface area contributed by atoms with Crippen LogP contribution < -0.4 is 5.14 Å². The lowest BCUT2D eigenvalue weighted by Gasteiger charge is -2.18. The molecule has 0 radical (unpaired) electrons. The van der Waals surface area contributed by atoms with Crippen molar-refractivity contribution in [1.82, 2.24) is 4.90 Å². The molecule has 0 saturated carbocycles. The zero-order valence-electron chi connectivity index (χ0n) is 12.6. The minimum atomic E-state index is -3.45. The molecular weight excluding hydrogens is 300 g/mol. The Morgan fingerprint density at radius 2 is 1.82 bits per heavy atom. The van der Waals surface area contributed by atoms with Crippen molar-refractivity contribution in [3.05, 3.63) is 35.4 Å². The summed E-state index contributed by atoms with van der Waals surface area (Å²) in [5, 5.41) is 5.09. The molecule has 2 N–H and O–H groups in total. The minimum absolute atomic E-state index is 0.0141. The Hall–Kier alpha value is -1.40. The van der Waals surface area contributed by atoms with Crippen LogP contribution >= 0.6 is 0 Å². The third-order valence-electron chi connectivity index (χ3n) is 4.71. The molecule has 1 saturated heterocycles. The molecule has 1 heterocycles. The molecule has 1 aliphatic carbocycles. The number of fused-ring (bicyclic) bond motifs is 1. The summed E-state index contributed by atoms with van der Waals surface area (Å²) in [4.78, 5) is 14.2. The van der Waals surface area contributed by atoms with Crippen LogP contribution in [0.4, 0.5) is 0 Å². The molecule has 0 aromatic heterocycles. The molecule has 1 aromatic carbocycles. The van der Waals surface area contributed by atoms with E-state index in [4.69, 9.17) is 5.14 Å². The van der Waals surface area contributed by atoms with Gasteiger partial charge in [-0.05, 0) is 42.2 Å². The van der Waals surface area contributed by atoms with E-state index in [9.17, 15) is 13.2 Å². The van der Waals surface area contributed by atoms with Crippen LogP contribution in [0.25, 0.3) is 0 Å². The first kappa shape index (κ1) is 15.5. The van der Waals surface area contributed by atoms with Crippen LogP contribution in [0.3, 0.4) is 0 Å². The number of nitrogens with zero attached hydrogens (tertiary/aromatic N) is 1. The summed E-state index contributed by atoms with van der Waals surface area (Å²) in [6.45, 7) is 1.17. The molecule has 0 unspecified atom stereocenters. The van der Waals surface area contributed by atoms with E-state index in [0.29, 0.717) is 25.4 Å². The lowest BCUT2D eigenvalue weighted by Crippen LogP contribution is -2.32. The molecule has 22 heavy (non-hydrogen) atoms. The maximum Gasteiger partial charge on any atom is 0.222 e. The number of amides is 1. The third kappa shape index (κ3) is 3.67. The fourth-order valence-electron chi connectivity index (χ4n) is 3.69. The Morgan fingerprint density at radius 3 is 2.41 bits per heavy atom. The van der Waals surface area contributed by atoms with E-state index in [1.54, 1.807) is 4.90 Å². The van der Waals surface area contributed by atoms with Gasteiger partial charge in [-0.25, -0.2) is 13.6 Å². The van der Waals surface area contributed by atoms with Gasteiger partial charge in [-0.2, -0.15) is 0 Å². The zero-order chi connectivity index (χ0) is 15.7. The number of benzene rings is 1. The van der Waals surface area contributed by atoms with Crippen LogP contribution in [0.1, 0.15) is 24.0 Å². The van der Waals surface area contributed by atoms with Gasteiger partial charge in [0.25, 0.3) is 0 Å². The largest absolute Gasteiger partial charge is 0.342 e. The van der Waals surface area contributed by atoms with Crippen molar-refractivity contribution in [2.24, 2.45) is 17.0 Å². The van der Waals surface area contributed by atoms with Crippen molar-refractivity contribution in [2.75, 3.05) is 18.8 Å². The van der Waals surface area contributed by atoms with E-state index in [-0.39, 0.29) is 17.6 Å². The van der Waals surface area contributed by atoms with E-state index in [1.807, 2.05) is 12.1 Å². The molecular formula is C16H22N2O3S. The number of nitrogens with two attached hydrogens (primary N) is 1. The summed E-state index contributed by atoms with van der Waals surface area (Å²) in [6.07, 6.45) is 3.22. The Kier molecular flexibility index (Phi) is 4.23. The number of carbonyl (C=O) groups is 1. The van der Waals surface area contributed by atoms with Gasteiger partial charge in [0.15, 0.2) is 0 Å². The highest BCUT2D eigenvalue weighted by molar-refractivity contribution is 7.89. The Balaban J connectivity index is 1.52. The molecule has 0 spiro atoms. The fraction of sp³-hybridized carbons (Fsp3) is 0.562. The van der Waals surface area contributed by atoms with E-state index >= 15 is 0 Å². The average Bonchev–Trinajstić information content (AvgIpc) is 3.02. The first-order valence-electron chi connectivity index (χ1n) is 7.76. The Morgan fingerprint density at radius 1 is 1.18 bits per heavy atom. The van der Waals surface area contributed by atoms with Crippen LogP contribution in [-0.2, 0) is 27.7 Å². The smallest absolute Gasteiger partial charge is 0.222 e. The summed E-state index contributed by atoms with van der Waals surface area (Å²) in [7, 11) is -3.45.